The Labute approximate surface area is 181 Å². The van der Waals surface area contributed by atoms with Gasteiger partial charge in [-0.15, -0.1) is 11.3 Å². The first-order chi connectivity index (χ1) is 13.7. The summed E-state index contributed by atoms with van der Waals surface area (Å²) >= 11 is 8.65. The lowest BCUT2D eigenvalue weighted by Crippen LogP contribution is -2.16. The molecule has 0 unspecified atom stereocenters. The lowest BCUT2D eigenvalue weighted by Gasteiger charge is -2.09. The van der Waals surface area contributed by atoms with Crippen LogP contribution in [0.2, 0.25) is 5.02 Å². The minimum atomic E-state index is -3.76. The van der Waals surface area contributed by atoms with Gasteiger partial charge in [0.2, 0.25) is 0 Å². The predicted molar refractivity (Wildman–Crippen MR) is 115 cm³/mol. The lowest BCUT2D eigenvalue weighted by atomic mass is 10.3. The van der Waals surface area contributed by atoms with E-state index < -0.39 is 15.9 Å². The molecule has 1 aromatic carbocycles. The number of carbonyl (C=O) groups is 1. The van der Waals surface area contributed by atoms with E-state index in [2.05, 4.69) is 25.0 Å². The van der Waals surface area contributed by atoms with Crippen LogP contribution in [-0.4, -0.2) is 34.5 Å². The van der Waals surface area contributed by atoms with Crippen LogP contribution >= 0.6 is 34.7 Å². The number of thiazole rings is 1. The van der Waals surface area contributed by atoms with Crippen LogP contribution in [0.25, 0.3) is 0 Å². The number of sulfonamides is 1. The summed E-state index contributed by atoms with van der Waals surface area (Å²) in [7, 11) is -3.76. The average molecular weight is 470 g/mol. The fourth-order valence-corrected chi connectivity index (χ4v) is 4.78. The number of nitrogens with zero attached hydrogens (tertiary/aromatic N) is 3. The van der Waals surface area contributed by atoms with E-state index >= 15 is 0 Å². The zero-order chi connectivity index (χ0) is 21.0. The summed E-state index contributed by atoms with van der Waals surface area (Å²) in [6.07, 6.45) is 2.89. The van der Waals surface area contributed by atoms with Crippen LogP contribution < -0.4 is 10.0 Å². The normalized spacial score (nSPS) is 11.4. The van der Waals surface area contributed by atoms with Gasteiger partial charge in [-0.3, -0.25) is 9.52 Å². The molecule has 29 heavy (non-hydrogen) atoms. The molecule has 0 atom stereocenters. The van der Waals surface area contributed by atoms with Crippen molar-refractivity contribution in [3.8, 4) is 0 Å². The number of rotatable bonds is 7. The van der Waals surface area contributed by atoms with Crippen LogP contribution in [0.1, 0.15) is 24.3 Å². The zero-order valence-corrected chi connectivity index (χ0v) is 18.5. The van der Waals surface area contributed by atoms with E-state index in [-0.39, 0.29) is 26.0 Å². The van der Waals surface area contributed by atoms with E-state index in [4.69, 9.17) is 11.6 Å². The minimum absolute atomic E-state index is 0.0430. The van der Waals surface area contributed by atoms with Gasteiger partial charge in [-0.2, -0.15) is 0 Å². The summed E-state index contributed by atoms with van der Waals surface area (Å²) in [5.74, 6) is -0.514. The smallest absolute Gasteiger partial charge is 0.275 e. The Bertz CT molecular complexity index is 1100. The fourth-order valence-electron chi connectivity index (χ4n) is 2.13. The SMILES string of the molecule is CC(C)Sc1ncc(Cl)c(C(=O)Nc2ccc(S(=O)(=O)Nc3nccs3)cc2)n1. The monoisotopic (exact) mass is 469 g/mol. The van der Waals surface area contributed by atoms with Gasteiger partial charge in [0, 0.05) is 22.5 Å². The molecule has 0 radical (unpaired) electrons. The maximum atomic E-state index is 12.5. The van der Waals surface area contributed by atoms with Gasteiger partial charge in [-0.1, -0.05) is 37.2 Å². The van der Waals surface area contributed by atoms with Crippen LogP contribution in [-0.2, 0) is 10.0 Å². The molecule has 0 saturated heterocycles. The zero-order valence-electron chi connectivity index (χ0n) is 15.3. The van der Waals surface area contributed by atoms with Gasteiger partial charge in [0.05, 0.1) is 16.1 Å². The molecule has 3 aromatic rings. The summed E-state index contributed by atoms with van der Waals surface area (Å²) in [6, 6.07) is 5.72. The molecule has 0 aliphatic rings. The summed E-state index contributed by atoms with van der Waals surface area (Å²) in [6.45, 7) is 3.97. The molecule has 0 aliphatic heterocycles. The number of benzene rings is 1. The summed E-state index contributed by atoms with van der Waals surface area (Å²) in [5.41, 5.74) is 0.447. The molecule has 2 heterocycles. The molecular formula is C17H16ClN5O3S3. The summed E-state index contributed by atoms with van der Waals surface area (Å²) < 4.78 is 27.1. The topological polar surface area (TPSA) is 114 Å². The number of thioether (sulfide) groups is 1. The van der Waals surface area contributed by atoms with Crippen LogP contribution in [0.5, 0.6) is 0 Å². The lowest BCUT2D eigenvalue weighted by molar-refractivity contribution is 0.102. The molecule has 12 heteroatoms. The number of aromatic nitrogens is 3. The minimum Gasteiger partial charge on any atom is -0.321 e. The van der Waals surface area contributed by atoms with Crippen molar-refractivity contribution < 1.29 is 13.2 Å². The number of nitrogens with one attached hydrogen (secondary N) is 2. The molecule has 0 spiro atoms. The Hall–Kier alpha value is -2.21. The molecule has 8 nitrogen and oxygen atoms in total. The second kappa shape index (κ2) is 9.08. The first kappa shape index (κ1) is 21.5. The number of carbonyl (C=O) groups excluding carboxylic acids is 1. The average Bonchev–Trinajstić information content (AvgIpc) is 3.15. The first-order valence-corrected chi connectivity index (χ1v) is 11.9. The predicted octanol–water partition coefficient (Wildman–Crippen LogP) is 4.14. The Kier molecular flexibility index (Phi) is 6.73. The Morgan fingerprint density at radius 2 is 1.93 bits per heavy atom. The molecule has 152 valence electrons. The number of hydrogen-bond acceptors (Lipinski definition) is 8. The second-order valence-corrected chi connectivity index (χ2v) is 10.5. The Balaban J connectivity index is 1.73. The van der Waals surface area contributed by atoms with Gasteiger partial charge in [0.25, 0.3) is 15.9 Å². The first-order valence-electron chi connectivity index (χ1n) is 8.27. The van der Waals surface area contributed by atoms with Crippen LogP contribution in [0.4, 0.5) is 10.8 Å². The molecule has 3 rings (SSSR count). The third-order valence-corrected chi connectivity index (χ3v) is 6.68. The Morgan fingerprint density at radius 1 is 1.21 bits per heavy atom. The number of halogens is 1. The van der Waals surface area contributed by atoms with Crippen molar-refractivity contribution in [3.05, 3.63) is 52.8 Å². The number of hydrogen-bond donors (Lipinski definition) is 2. The van der Waals surface area contributed by atoms with Gasteiger partial charge >= 0.3 is 0 Å². The van der Waals surface area contributed by atoms with Crippen LogP contribution in [0.15, 0.2) is 52.1 Å². The summed E-state index contributed by atoms with van der Waals surface area (Å²) in [4.78, 5) is 24.8. The highest BCUT2D eigenvalue weighted by Crippen LogP contribution is 2.23. The molecular weight excluding hydrogens is 454 g/mol. The van der Waals surface area contributed by atoms with Crippen molar-refractivity contribution in [1.82, 2.24) is 15.0 Å². The molecule has 0 fully saturated rings. The molecule has 2 aromatic heterocycles. The molecule has 0 saturated carbocycles. The number of anilines is 2. The quantitative estimate of drug-likeness (QED) is 0.394. The van der Waals surface area contributed by atoms with Crippen LogP contribution in [0, 0.1) is 0 Å². The maximum absolute atomic E-state index is 12.5. The van der Waals surface area contributed by atoms with Crippen molar-refractivity contribution in [1.29, 1.82) is 0 Å². The van der Waals surface area contributed by atoms with Crippen molar-refractivity contribution in [2.45, 2.75) is 29.1 Å². The largest absolute Gasteiger partial charge is 0.321 e. The molecule has 2 N–H and O–H groups in total. The van der Waals surface area contributed by atoms with Gasteiger partial charge in [0.1, 0.15) is 0 Å². The van der Waals surface area contributed by atoms with Gasteiger partial charge in [-0.05, 0) is 24.3 Å². The third-order valence-electron chi connectivity index (χ3n) is 3.35. The number of amides is 1. The van der Waals surface area contributed by atoms with Crippen molar-refractivity contribution in [2.24, 2.45) is 0 Å². The van der Waals surface area contributed by atoms with Gasteiger partial charge in [0.15, 0.2) is 16.0 Å². The summed E-state index contributed by atoms with van der Waals surface area (Å²) in [5, 5.41) is 5.42. The van der Waals surface area contributed by atoms with Crippen molar-refractivity contribution >= 4 is 61.4 Å². The molecule has 1 amide bonds. The van der Waals surface area contributed by atoms with Crippen LogP contribution in [0.3, 0.4) is 0 Å². The highest BCUT2D eigenvalue weighted by Gasteiger charge is 2.18. The standard InChI is InChI=1S/C17H16ClN5O3S3/c1-10(2)28-16-20-9-13(18)14(22-16)15(24)21-11-3-5-12(6-4-11)29(25,26)23-17-19-7-8-27-17/h3-10H,1-2H3,(H,19,23)(H,21,24). The van der Waals surface area contributed by atoms with E-state index in [1.54, 1.807) is 5.38 Å². The van der Waals surface area contributed by atoms with Crippen molar-refractivity contribution in [3.63, 3.8) is 0 Å². The second-order valence-electron chi connectivity index (χ2n) is 5.94. The van der Waals surface area contributed by atoms with E-state index in [0.29, 0.717) is 10.8 Å². The van der Waals surface area contributed by atoms with Gasteiger partial charge < -0.3 is 5.32 Å². The van der Waals surface area contributed by atoms with E-state index in [1.807, 2.05) is 13.8 Å². The van der Waals surface area contributed by atoms with Gasteiger partial charge in [-0.25, -0.2) is 23.4 Å². The maximum Gasteiger partial charge on any atom is 0.275 e. The molecule has 0 bridgehead atoms. The van der Waals surface area contributed by atoms with E-state index in [9.17, 15) is 13.2 Å². The Morgan fingerprint density at radius 3 is 2.55 bits per heavy atom. The van der Waals surface area contributed by atoms with Crippen molar-refractivity contribution in [2.75, 3.05) is 10.0 Å². The molecule has 0 aliphatic carbocycles. The third kappa shape index (κ3) is 5.66. The van der Waals surface area contributed by atoms with E-state index in [1.165, 1.54) is 59.8 Å². The fraction of sp³-hybridized carbons (Fsp3) is 0.176. The van der Waals surface area contributed by atoms with E-state index in [0.717, 1.165) is 0 Å². The highest BCUT2D eigenvalue weighted by molar-refractivity contribution is 7.99. The highest BCUT2D eigenvalue weighted by atomic mass is 35.5.